The second kappa shape index (κ2) is 11.1. The number of hydrogen-bond acceptors (Lipinski definition) is 6. The molecule has 2 amide bonds. The van der Waals surface area contributed by atoms with E-state index in [2.05, 4.69) is 21.5 Å². The minimum atomic E-state index is -0.374. The van der Waals surface area contributed by atoms with Crippen molar-refractivity contribution in [3.8, 4) is 11.8 Å². The van der Waals surface area contributed by atoms with E-state index in [9.17, 15) is 20.0 Å². The van der Waals surface area contributed by atoms with Gasteiger partial charge in [-0.3, -0.25) is 9.59 Å². The average molecular weight is 521 g/mol. The number of aromatic nitrogens is 1. The van der Waals surface area contributed by atoms with Gasteiger partial charge < -0.3 is 19.5 Å². The summed E-state index contributed by atoms with van der Waals surface area (Å²) >= 11 is 0. The van der Waals surface area contributed by atoms with Crippen molar-refractivity contribution in [2.75, 3.05) is 31.1 Å². The van der Waals surface area contributed by atoms with E-state index in [1.807, 2.05) is 64.2 Å². The highest BCUT2D eigenvalue weighted by Crippen LogP contribution is 2.23. The summed E-state index contributed by atoms with van der Waals surface area (Å²) in [5.41, 5.74) is 6.80. The van der Waals surface area contributed by atoms with Gasteiger partial charge in [0.1, 0.15) is 18.4 Å². The number of nitrogens with one attached hydrogen (secondary N) is 1. The minimum absolute atomic E-state index is 0.0382. The summed E-state index contributed by atoms with van der Waals surface area (Å²) < 4.78 is 1.92. The lowest BCUT2D eigenvalue weighted by molar-refractivity contribution is -0.132. The van der Waals surface area contributed by atoms with Crippen LogP contribution in [-0.4, -0.2) is 58.8 Å². The largest absolute Gasteiger partial charge is 0.508 e. The Bertz CT molecular complexity index is 1610. The van der Waals surface area contributed by atoms with E-state index in [0.29, 0.717) is 42.9 Å². The molecule has 0 bridgehead atoms. The number of hydrazone groups is 1. The Hall–Kier alpha value is -5.10. The molecule has 1 fully saturated rings. The van der Waals surface area contributed by atoms with Crippen molar-refractivity contribution < 1.29 is 14.7 Å². The number of piperazine rings is 1. The third kappa shape index (κ3) is 5.45. The van der Waals surface area contributed by atoms with Crippen molar-refractivity contribution in [1.29, 1.82) is 5.26 Å². The highest BCUT2D eigenvalue weighted by molar-refractivity contribution is 6.00. The molecule has 1 aromatic heterocycles. The quantitative estimate of drug-likeness (QED) is 0.298. The van der Waals surface area contributed by atoms with Crippen molar-refractivity contribution in [1.82, 2.24) is 14.9 Å². The van der Waals surface area contributed by atoms with Gasteiger partial charge in [-0.1, -0.05) is 24.3 Å². The number of aromatic hydroxyl groups is 1. The molecule has 1 saturated heterocycles. The van der Waals surface area contributed by atoms with Crippen LogP contribution in [0.1, 0.15) is 27.0 Å². The molecular formula is C30H28N6O3. The zero-order valence-electron chi connectivity index (χ0n) is 21.5. The van der Waals surface area contributed by atoms with Gasteiger partial charge in [0.05, 0.1) is 17.5 Å². The Balaban J connectivity index is 1.22. The van der Waals surface area contributed by atoms with Crippen LogP contribution >= 0.6 is 0 Å². The van der Waals surface area contributed by atoms with Gasteiger partial charge >= 0.3 is 0 Å². The van der Waals surface area contributed by atoms with E-state index in [1.165, 1.54) is 12.1 Å². The normalized spacial score (nSPS) is 13.5. The fourth-order valence-electron chi connectivity index (χ4n) is 4.81. The van der Waals surface area contributed by atoms with Gasteiger partial charge in [-0.25, -0.2) is 5.43 Å². The molecular weight excluding hydrogens is 492 g/mol. The molecule has 0 unspecified atom stereocenters. The summed E-state index contributed by atoms with van der Waals surface area (Å²) in [6, 6.07) is 22.1. The van der Waals surface area contributed by atoms with E-state index < -0.39 is 0 Å². The summed E-state index contributed by atoms with van der Waals surface area (Å²) in [5.74, 6) is -0.203. The predicted molar refractivity (Wildman–Crippen MR) is 150 cm³/mol. The van der Waals surface area contributed by atoms with Gasteiger partial charge in [-0.2, -0.15) is 10.4 Å². The molecule has 2 N–H and O–H groups in total. The molecule has 0 saturated carbocycles. The number of aryl methyl sites for hydroxylation is 1. The zero-order valence-corrected chi connectivity index (χ0v) is 21.5. The highest BCUT2D eigenvalue weighted by atomic mass is 16.3. The summed E-state index contributed by atoms with van der Waals surface area (Å²) in [7, 11) is 0. The second-order valence-electron chi connectivity index (χ2n) is 9.42. The van der Waals surface area contributed by atoms with E-state index in [4.69, 9.17) is 0 Å². The van der Waals surface area contributed by atoms with Crippen LogP contribution in [0.15, 0.2) is 78.0 Å². The fraction of sp³-hybridized carbons (Fsp3) is 0.200. The van der Waals surface area contributed by atoms with Gasteiger partial charge in [-0.05, 0) is 55.0 Å². The summed E-state index contributed by atoms with van der Waals surface area (Å²) in [4.78, 5) is 29.6. The molecule has 9 heteroatoms. The number of anilines is 1. The van der Waals surface area contributed by atoms with Crippen LogP contribution in [0.4, 0.5) is 5.69 Å². The molecule has 0 atom stereocenters. The maximum atomic E-state index is 13.1. The number of para-hydroxylation sites is 1. The van der Waals surface area contributed by atoms with E-state index in [-0.39, 0.29) is 24.1 Å². The number of rotatable bonds is 6. The molecule has 0 radical (unpaired) electrons. The SMILES string of the molecule is Cc1cc(C(=O)N/N=C/c2cccc3c2ccn3CC(=O)N2CCN(c3ccccc3C#N)CC2)ccc1O. The first kappa shape index (κ1) is 25.5. The molecule has 5 rings (SSSR count). The number of benzene rings is 3. The first-order valence-corrected chi connectivity index (χ1v) is 12.7. The van der Waals surface area contributed by atoms with E-state index in [1.54, 1.807) is 19.2 Å². The van der Waals surface area contributed by atoms with Crippen LogP contribution < -0.4 is 10.3 Å². The fourth-order valence-corrected chi connectivity index (χ4v) is 4.81. The number of phenols is 1. The Morgan fingerprint density at radius 1 is 1.05 bits per heavy atom. The summed E-state index contributed by atoms with van der Waals surface area (Å²) in [5, 5.41) is 24.1. The van der Waals surface area contributed by atoms with Crippen molar-refractivity contribution in [3.63, 3.8) is 0 Å². The maximum Gasteiger partial charge on any atom is 0.271 e. The van der Waals surface area contributed by atoms with Gasteiger partial charge in [-0.15, -0.1) is 0 Å². The molecule has 196 valence electrons. The molecule has 1 aliphatic heterocycles. The Kier molecular flexibility index (Phi) is 7.28. The Morgan fingerprint density at radius 2 is 1.85 bits per heavy atom. The third-order valence-electron chi connectivity index (χ3n) is 6.98. The van der Waals surface area contributed by atoms with Gasteiger partial charge in [0.25, 0.3) is 5.91 Å². The van der Waals surface area contributed by atoms with Gasteiger partial charge in [0.15, 0.2) is 0 Å². The third-order valence-corrected chi connectivity index (χ3v) is 6.98. The van der Waals surface area contributed by atoms with Crippen molar-refractivity contribution in [3.05, 3.63) is 95.2 Å². The number of nitriles is 1. The molecule has 1 aliphatic rings. The topological polar surface area (TPSA) is 114 Å². The van der Waals surface area contributed by atoms with Crippen molar-refractivity contribution in [2.45, 2.75) is 13.5 Å². The van der Waals surface area contributed by atoms with Gasteiger partial charge in [0.2, 0.25) is 5.91 Å². The minimum Gasteiger partial charge on any atom is -0.508 e. The standard InChI is InChI=1S/C30H28N6O3/c1-21-17-22(9-10-28(21)37)30(39)33-32-19-24-6-4-8-27-25(24)11-12-36(27)20-29(38)35-15-13-34(14-16-35)26-7-3-2-5-23(26)18-31/h2-12,17,19,37H,13-16,20H2,1H3,(H,33,39)/b32-19+. The summed E-state index contributed by atoms with van der Waals surface area (Å²) in [6.07, 6.45) is 3.47. The molecule has 2 heterocycles. The van der Waals surface area contributed by atoms with Crippen molar-refractivity contribution in [2.24, 2.45) is 5.10 Å². The molecule has 0 spiro atoms. The van der Waals surface area contributed by atoms with Crippen LogP contribution in [0.2, 0.25) is 0 Å². The number of hydrogen-bond donors (Lipinski definition) is 2. The number of fused-ring (bicyclic) bond motifs is 1. The maximum absolute atomic E-state index is 13.1. The van der Waals surface area contributed by atoms with Crippen LogP contribution in [0.25, 0.3) is 10.9 Å². The number of amides is 2. The van der Waals surface area contributed by atoms with Crippen LogP contribution in [-0.2, 0) is 11.3 Å². The number of phenolic OH excluding ortho intramolecular Hbond substituents is 1. The van der Waals surface area contributed by atoms with Gasteiger partial charge in [0, 0.05) is 54.4 Å². The number of nitrogens with zero attached hydrogens (tertiary/aromatic N) is 5. The number of carbonyl (C=O) groups is 2. The van der Waals surface area contributed by atoms with Crippen LogP contribution in [0, 0.1) is 18.3 Å². The van der Waals surface area contributed by atoms with Crippen molar-refractivity contribution >= 4 is 34.6 Å². The Morgan fingerprint density at radius 3 is 2.62 bits per heavy atom. The predicted octanol–water partition coefficient (Wildman–Crippen LogP) is 3.64. The summed E-state index contributed by atoms with van der Waals surface area (Å²) in [6.45, 7) is 4.48. The molecule has 0 aliphatic carbocycles. The highest BCUT2D eigenvalue weighted by Gasteiger charge is 2.23. The van der Waals surface area contributed by atoms with E-state index >= 15 is 0 Å². The molecule has 39 heavy (non-hydrogen) atoms. The lowest BCUT2D eigenvalue weighted by atomic mass is 10.1. The zero-order chi connectivity index (χ0) is 27.4. The Labute approximate surface area is 226 Å². The van der Waals surface area contributed by atoms with Crippen LogP contribution in [0.5, 0.6) is 5.75 Å². The first-order chi connectivity index (χ1) is 18.9. The second-order valence-corrected chi connectivity index (χ2v) is 9.42. The monoisotopic (exact) mass is 520 g/mol. The van der Waals surface area contributed by atoms with E-state index in [0.717, 1.165) is 22.2 Å². The first-order valence-electron chi connectivity index (χ1n) is 12.7. The smallest absolute Gasteiger partial charge is 0.271 e. The molecule has 9 nitrogen and oxygen atoms in total. The lowest BCUT2D eigenvalue weighted by Gasteiger charge is -2.36. The number of carbonyl (C=O) groups excluding carboxylic acids is 2. The molecule has 3 aromatic carbocycles. The molecule has 4 aromatic rings. The van der Waals surface area contributed by atoms with Crippen LogP contribution in [0.3, 0.4) is 0 Å². The lowest BCUT2D eigenvalue weighted by Crippen LogP contribution is -2.49. The average Bonchev–Trinajstić information content (AvgIpc) is 3.37.